The molecule has 1 aliphatic rings. The molecule has 1 N–H and O–H groups in total. The van der Waals surface area contributed by atoms with Crippen LogP contribution in [0.4, 0.5) is 0 Å². The van der Waals surface area contributed by atoms with E-state index in [2.05, 4.69) is 0 Å². The Balaban J connectivity index is 2.28. The van der Waals surface area contributed by atoms with E-state index < -0.39 is 13.3 Å². The molecule has 25 heavy (non-hydrogen) atoms. The van der Waals surface area contributed by atoms with Gasteiger partial charge in [-0.1, -0.05) is 35.9 Å². The summed E-state index contributed by atoms with van der Waals surface area (Å²) in [5.41, 5.74) is 3.92. The second-order valence-electron chi connectivity index (χ2n) is 5.89. The summed E-state index contributed by atoms with van der Waals surface area (Å²) in [6.45, 7) is 3.88. The Morgan fingerprint density at radius 2 is 1.92 bits per heavy atom. The molecule has 0 aromatic heterocycles. The van der Waals surface area contributed by atoms with Crippen LogP contribution in [0, 0.1) is 6.92 Å². The summed E-state index contributed by atoms with van der Waals surface area (Å²) in [5.74, 6) is 0.665. The SMILES string of the molecule is CCOP1(=O)C=C(c2cccc(C(=O)O)c2C)c2cccc(Cl)c2C1. The highest BCUT2D eigenvalue weighted by Crippen LogP contribution is 2.59. The first-order chi connectivity index (χ1) is 11.9. The zero-order valence-electron chi connectivity index (χ0n) is 14.0. The molecule has 3 rings (SSSR count). The summed E-state index contributed by atoms with van der Waals surface area (Å²) in [4.78, 5) is 11.5. The lowest BCUT2D eigenvalue weighted by Crippen LogP contribution is -2.08. The molecule has 0 spiro atoms. The highest BCUT2D eigenvalue weighted by molar-refractivity contribution is 7.61. The Morgan fingerprint density at radius 1 is 1.24 bits per heavy atom. The number of carboxylic acid groups (broad SMARTS) is 1. The first-order valence-electron chi connectivity index (χ1n) is 7.93. The summed E-state index contributed by atoms with van der Waals surface area (Å²) in [6.07, 6.45) is 0.247. The number of aromatic carboxylic acids is 1. The lowest BCUT2D eigenvalue weighted by molar-refractivity contribution is 0.0696. The summed E-state index contributed by atoms with van der Waals surface area (Å²) in [6, 6.07) is 10.6. The fraction of sp³-hybridized carbons (Fsp3) is 0.211. The van der Waals surface area contributed by atoms with Crippen LogP contribution in [0.5, 0.6) is 0 Å². The molecule has 6 heteroatoms. The van der Waals surface area contributed by atoms with Gasteiger partial charge in [-0.3, -0.25) is 4.57 Å². The van der Waals surface area contributed by atoms with Crippen molar-refractivity contribution in [2.75, 3.05) is 6.61 Å². The Labute approximate surface area is 151 Å². The third kappa shape index (κ3) is 3.30. The molecule has 130 valence electrons. The molecule has 0 amide bonds. The number of hydrogen-bond acceptors (Lipinski definition) is 3. The molecular formula is C19H18ClO4P. The molecule has 4 nitrogen and oxygen atoms in total. The molecule has 0 fully saturated rings. The van der Waals surface area contributed by atoms with E-state index in [-0.39, 0.29) is 11.7 Å². The zero-order valence-corrected chi connectivity index (χ0v) is 15.6. The number of carbonyl (C=O) groups is 1. The van der Waals surface area contributed by atoms with Gasteiger partial charge in [0.15, 0.2) is 0 Å². The molecule has 1 unspecified atom stereocenters. The second-order valence-corrected chi connectivity index (χ2v) is 8.59. The van der Waals surface area contributed by atoms with Crippen LogP contribution in [0.15, 0.2) is 42.2 Å². The van der Waals surface area contributed by atoms with E-state index in [1.54, 1.807) is 37.9 Å². The Hall–Kier alpha value is -1.87. The van der Waals surface area contributed by atoms with Crippen LogP contribution in [0.2, 0.25) is 5.02 Å². The van der Waals surface area contributed by atoms with Gasteiger partial charge in [0.2, 0.25) is 7.37 Å². The van der Waals surface area contributed by atoms with Crippen LogP contribution < -0.4 is 0 Å². The van der Waals surface area contributed by atoms with Gasteiger partial charge in [0.1, 0.15) is 0 Å². The van der Waals surface area contributed by atoms with Crippen molar-refractivity contribution in [2.24, 2.45) is 0 Å². The number of fused-ring (bicyclic) bond motifs is 1. The van der Waals surface area contributed by atoms with E-state index in [0.29, 0.717) is 22.8 Å². The van der Waals surface area contributed by atoms with Gasteiger partial charge in [-0.15, -0.1) is 0 Å². The van der Waals surface area contributed by atoms with Crippen LogP contribution in [0.3, 0.4) is 0 Å². The van der Waals surface area contributed by atoms with Gasteiger partial charge in [0, 0.05) is 10.8 Å². The third-order valence-electron chi connectivity index (χ3n) is 4.32. The first kappa shape index (κ1) is 17.9. The van der Waals surface area contributed by atoms with Crippen molar-refractivity contribution in [3.05, 3.63) is 75.1 Å². The molecular weight excluding hydrogens is 359 g/mol. The predicted molar refractivity (Wildman–Crippen MR) is 99.6 cm³/mol. The Bertz CT molecular complexity index is 933. The topological polar surface area (TPSA) is 63.6 Å². The standard InChI is InChI=1S/C19H18ClO4P/c1-3-24-25(23)10-16(15-8-5-9-18(20)17(15)11-25)13-6-4-7-14(12(13)2)19(21)22/h4-10H,3,11H2,1-2H3,(H,21,22). The summed E-state index contributed by atoms with van der Waals surface area (Å²) < 4.78 is 18.7. The van der Waals surface area contributed by atoms with Crippen LogP contribution in [0.1, 0.15) is 39.5 Å². The van der Waals surface area contributed by atoms with Crippen molar-refractivity contribution in [1.82, 2.24) is 0 Å². The summed E-state index contributed by atoms with van der Waals surface area (Å²) in [5, 5.41) is 9.93. The number of rotatable bonds is 4. The molecule has 0 saturated carbocycles. The average Bonchev–Trinajstić information content (AvgIpc) is 2.55. The molecule has 0 radical (unpaired) electrons. The van der Waals surface area contributed by atoms with Crippen molar-refractivity contribution in [1.29, 1.82) is 0 Å². The summed E-state index contributed by atoms with van der Waals surface area (Å²) >= 11 is 6.35. The van der Waals surface area contributed by atoms with Gasteiger partial charge in [-0.2, -0.15) is 0 Å². The number of hydrogen-bond donors (Lipinski definition) is 1. The van der Waals surface area contributed by atoms with Crippen molar-refractivity contribution >= 4 is 30.5 Å². The normalized spacial score (nSPS) is 19.2. The van der Waals surface area contributed by atoms with E-state index in [1.165, 1.54) is 0 Å². The molecule has 0 bridgehead atoms. The minimum absolute atomic E-state index is 0.221. The average molecular weight is 377 g/mol. The third-order valence-corrected chi connectivity index (χ3v) is 6.77. The Kier molecular flexibility index (Phi) is 4.88. The van der Waals surface area contributed by atoms with E-state index in [1.807, 2.05) is 18.2 Å². The highest BCUT2D eigenvalue weighted by Gasteiger charge is 2.31. The van der Waals surface area contributed by atoms with Gasteiger partial charge in [-0.05, 0) is 53.8 Å². The quantitative estimate of drug-likeness (QED) is 0.709. The molecule has 0 saturated heterocycles. The monoisotopic (exact) mass is 376 g/mol. The number of benzene rings is 2. The Morgan fingerprint density at radius 3 is 2.60 bits per heavy atom. The van der Waals surface area contributed by atoms with Crippen LogP contribution in [-0.4, -0.2) is 17.7 Å². The number of carboxylic acids is 1. The van der Waals surface area contributed by atoms with Gasteiger partial charge < -0.3 is 9.63 Å². The fourth-order valence-corrected chi connectivity index (χ4v) is 5.66. The van der Waals surface area contributed by atoms with Crippen LogP contribution >= 0.6 is 19.0 Å². The highest BCUT2D eigenvalue weighted by atomic mass is 35.5. The molecule has 1 aliphatic heterocycles. The minimum Gasteiger partial charge on any atom is -0.478 e. The lowest BCUT2D eigenvalue weighted by atomic mass is 9.90. The molecule has 0 aliphatic carbocycles. The maximum atomic E-state index is 13.2. The maximum absolute atomic E-state index is 13.2. The smallest absolute Gasteiger partial charge is 0.335 e. The van der Waals surface area contributed by atoms with Gasteiger partial charge in [0.25, 0.3) is 0 Å². The molecule has 1 atom stereocenters. The van der Waals surface area contributed by atoms with Crippen LogP contribution in [0.25, 0.3) is 5.57 Å². The van der Waals surface area contributed by atoms with E-state index >= 15 is 0 Å². The van der Waals surface area contributed by atoms with Gasteiger partial charge >= 0.3 is 5.97 Å². The maximum Gasteiger partial charge on any atom is 0.335 e. The van der Waals surface area contributed by atoms with Crippen LogP contribution in [-0.2, 0) is 15.3 Å². The number of halogens is 1. The fourth-order valence-electron chi connectivity index (χ4n) is 3.18. The molecule has 2 aromatic rings. The molecule has 1 heterocycles. The van der Waals surface area contributed by atoms with Crippen molar-refractivity contribution in [3.8, 4) is 0 Å². The van der Waals surface area contributed by atoms with E-state index in [4.69, 9.17) is 16.1 Å². The lowest BCUT2D eigenvalue weighted by Gasteiger charge is -2.26. The van der Waals surface area contributed by atoms with Gasteiger partial charge in [-0.25, -0.2) is 4.79 Å². The largest absolute Gasteiger partial charge is 0.478 e. The second kappa shape index (κ2) is 6.80. The minimum atomic E-state index is -3.05. The first-order valence-corrected chi connectivity index (χ1v) is 10.2. The molecule has 2 aromatic carbocycles. The van der Waals surface area contributed by atoms with Crippen molar-refractivity contribution in [3.63, 3.8) is 0 Å². The predicted octanol–water partition coefficient (Wildman–Crippen LogP) is 5.56. The van der Waals surface area contributed by atoms with E-state index in [9.17, 15) is 14.5 Å². The van der Waals surface area contributed by atoms with Crippen molar-refractivity contribution in [2.45, 2.75) is 20.0 Å². The zero-order chi connectivity index (χ0) is 18.2. The van der Waals surface area contributed by atoms with Gasteiger partial charge in [0.05, 0.1) is 18.3 Å². The summed E-state index contributed by atoms with van der Waals surface area (Å²) in [7, 11) is -3.05. The van der Waals surface area contributed by atoms with Crippen molar-refractivity contribution < 1.29 is 19.0 Å². The van der Waals surface area contributed by atoms with E-state index in [0.717, 1.165) is 16.7 Å².